The number of carbonyl (C=O) groups excluding carboxylic acids is 2. The number of rotatable bonds is 16. The smallest absolute Gasteiger partial charge is 0.333 e. The molecule has 1 saturated heterocycles. The van der Waals surface area contributed by atoms with E-state index in [2.05, 4.69) is 15.7 Å². The molecule has 1 fully saturated rings. The molecule has 4 heterocycles. The highest BCUT2D eigenvalue weighted by Crippen LogP contribution is 2.40. The number of ether oxygens (including phenoxy) is 3. The van der Waals surface area contributed by atoms with Crippen LogP contribution >= 0.6 is 0 Å². The van der Waals surface area contributed by atoms with E-state index in [0.29, 0.717) is 56.1 Å². The zero-order valence-electron chi connectivity index (χ0n) is 37.3. The first kappa shape index (κ1) is 44.8. The van der Waals surface area contributed by atoms with Gasteiger partial charge in [0.15, 0.2) is 11.6 Å². The van der Waals surface area contributed by atoms with Crippen molar-refractivity contribution in [1.29, 1.82) is 0 Å². The SMILES string of the molecule is Cn1c(=O)n(-c2ccc(OCc3ccccc3)nc2OCc2ccccc2)c2ccc(Nc3ccn(CC(=O)Nc4ccc5c(F)c(N6CC(=O)NS6(=O)=O)c(OCc6ccccc6)cc5c4)n3)cc21. The Bertz CT molecular complexity index is 3610. The van der Waals surface area contributed by atoms with Gasteiger partial charge in [-0.3, -0.25) is 23.4 Å². The van der Waals surface area contributed by atoms with Crippen molar-refractivity contribution in [3.05, 3.63) is 191 Å². The van der Waals surface area contributed by atoms with E-state index in [9.17, 15) is 22.8 Å². The number of amides is 2. The van der Waals surface area contributed by atoms with Gasteiger partial charge < -0.3 is 24.8 Å². The number of pyridine rings is 1. The molecular formula is C51H42FN9O8S. The number of nitrogens with zero attached hydrogens (tertiary/aromatic N) is 6. The number of nitrogens with one attached hydrogen (secondary N) is 3. The first-order valence-corrected chi connectivity index (χ1v) is 23.3. The van der Waals surface area contributed by atoms with E-state index in [4.69, 9.17) is 19.2 Å². The van der Waals surface area contributed by atoms with Crippen LogP contribution < -0.4 is 39.6 Å². The van der Waals surface area contributed by atoms with Crippen LogP contribution in [0.1, 0.15) is 16.7 Å². The Labute approximate surface area is 399 Å². The number of aromatic nitrogens is 5. The molecule has 19 heteroatoms. The summed E-state index contributed by atoms with van der Waals surface area (Å²) in [5, 5.41) is 10.9. The molecule has 3 aromatic heterocycles. The summed E-state index contributed by atoms with van der Waals surface area (Å²) >= 11 is 0. The molecule has 0 atom stereocenters. The van der Waals surface area contributed by atoms with Crippen LogP contribution in [0.4, 0.5) is 27.3 Å². The molecule has 6 aromatic carbocycles. The van der Waals surface area contributed by atoms with Crippen LogP contribution in [0, 0.1) is 5.82 Å². The van der Waals surface area contributed by atoms with Crippen LogP contribution in [0.2, 0.25) is 0 Å². The molecule has 17 nitrogen and oxygen atoms in total. The van der Waals surface area contributed by atoms with Crippen molar-refractivity contribution in [3.63, 3.8) is 0 Å². The first-order chi connectivity index (χ1) is 34.0. The van der Waals surface area contributed by atoms with E-state index in [0.717, 1.165) is 16.7 Å². The molecule has 0 bridgehead atoms. The van der Waals surface area contributed by atoms with Gasteiger partial charge in [0.2, 0.25) is 17.7 Å². The number of aryl methyl sites for hydroxylation is 1. The predicted molar refractivity (Wildman–Crippen MR) is 261 cm³/mol. The third kappa shape index (κ3) is 9.45. The summed E-state index contributed by atoms with van der Waals surface area (Å²) in [6, 6.07) is 44.9. The lowest BCUT2D eigenvalue weighted by atomic mass is 10.1. The summed E-state index contributed by atoms with van der Waals surface area (Å²) in [5.41, 5.74) is 4.52. The second kappa shape index (κ2) is 19.0. The molecule has 3 N–H and O–H groups in total. The van der Waals surface area contributed by atoms with E-state index in [1.165, 1.54) is 33.5 Å². The van der Waals surface area contributed by atoms with Crippen molar-refractivity contribution < 1.29 is 36.6 Å². The van der Waals surface area contributed by atoms with Gasteiger partial charge in [0, 0.05) is 42.1 Å². The lowest BCUT2D eigenvalue weighted by molar-refractivity contribution is -0.118. The quantitative estimate of drug-likeness (QED) is 0.0868. The van der Waals surface area contributed by atoms with Crippen LogP contribution in [0.5, 0.6) is 17.5 Å². The number of hydrogen-bond acceptors (Lipinski definition) is 11. The van der Waals surface area contributed by atoms with Crippen molar-refractivity contribution in [2.45, 2.75) is 26.4 Å². The largest absolute Gasteiger partial charge is 0.487 e. The highest BCUT2D eigenvalue weighted by atomic mass is 32.2. The van der Waals surface area contributed by atoms with Crippen LogP contribution in [0.3, 0.4) is 0 Å². The average Bonchev–Trinajstić information content (AvgIpc) is 4.00. The minimum atomic E-state index is -4.37. The van der Waals surface area contributed by atoms with E-state index in [-0.39, 0.29) is 42.5 Å². The average molecular weight is 960 g/mol. The second-order valence-electron chi connectivity index (χ2n) is 16.3. The maximum atomic E-state index is 16.3. The van der Waals surface area contributed by atoms with Gasteiger partial charge in [0.1, 0.15) is 50.0 Å². The molecule has 9 aromatic rings. The Morgan fingerprint density at radius 1 is 0.743 bits per heavy atom. The van der Waals surface area contributed by atoms with Crippen molar-refractivity contribution in [2.24, 2.45) is 7.05 Å². The van der Waals surface area contributed by atoms with Gasteiger partial charge >= 0.3 is 15.9 Å². The van der Waals surface area contributed by atoms with Gasteiger partial charge in [-0.2, -0.15) is 18.5 Å². The molecule has 352 valence electrons. The lowest BCUT2D eigenvalue weighted by Crippen LogP contribution is -2.30. The Morgan fingerprint density at radius 3 is 2.07 bits per heavy atom. The molecule has 0 saturated carbocycles. The zero-order chi connectivity index (χ0) is 48.4. The predicted octanol–water partition coefficient (Wildman–Crippen LogP) is 7.51. The van der Waals surface area contributed by atoms with Crippen molar-refractivity contribution >= 4 is 66.7 Å². The summed E-state index contributed by atoms with van der Waals surface area (Å²) in [6.45, 7) is -0.304. The summed E-state index contributed by atoms with van der Waals surface area (Å²) in [4.78, 5) is 44.1. The fourth-order valence-corrected chi connectivity index (χ4v) is 9.18. The van der Waals surface area contributed by atoms with E-state index >= 15 is 4.39 Å². The van der Waals surface area contributed by atoms with Gasteiger partial charge in [0.05, 0.1) is 11.0 Å². The number of halogens is 1. The molecule has 2 amide bonds. The first-order valence-electron chi connectivity index (χ1n) is 21.9. The van der Waals surface area contributed by atoms with Crippen LogP contribution in [0.15, 0.2) is 163 Å². The van der Waals surface area contributed by atoms with Gasteiger partial charge in [-0.05, 0) is 70.6 Å². The monoisotopic (exact) mass is 959 g/mol. The third-order valence-electron chi connectivity index (χ3n) is 11.4. The van der Waals surface area contributed by atoms with Crippen molar-refractivity contribution in [1.82, 2.24) is 28.6 Å². The Kier molecular flexibility index (Phi) is 12.1. The van der Waals surface area contributed by atoms with Crippen LogP contribution in [0.25, 0.3) is 27.5 Å². The molecule has 10 rings (SSSR count). The number of fused-ring (bicyclic) bond motifs is 2. The van der Waals surface area contributed by atoms with E-state index < -0.39 is 40.1 Å². The van der Waals surface area contributed by atoms with Gasteiger partial charge in [0.25, 0.3) is 5.91 Å². The second-order valence-corrected chi connectivity index (χ2v) is 17.9. The molecule has 0 unspecified atom stereocenters. The molecule has 0 spiro atoms. The Balaban J connectivity index is 0.848. The highest BCUT2D eigenvalue weighted by molar-refractivity contribution is 7.92. The minimum Gasteiger partial charge on any atom is -0.487 e. The number of hydrogen-bond donors (Lipinski definition) is 3. The molecule has 0 radical (unpaired) electrons. The number of benzene rings is 6. The summed E-state index contributed by atoms with van der Waals surface area (Å²) < 4.78 is 67.3. The van der Waals surface area contributed by atoms with Crippen molar-refractivity contribution in [3.8, 4) is 23.2 Å². The normalized spacial score (nSPS) is 13.1. The van der Waals surface area contributed by atoms with Crippen molar-refractivity contribution in [2.75, 3.05) is 21.5 Å². The zero-order valence-corrected chi connectivity index (χ0v) is 38.1. The Hall–Kier alpha value is -8.97. The molecule has 1 aliphatic heterocycles. The maximum absolute atomic E-state index is 16.3. The molecule has 1 aliphatic rings. The number of imidazole rings is 1. The summed E-state index contributed by atoms with van der Waals surface area (Å²) in [7, 11) is -2.70. The molecular weight excluding hydrogens is 918 g/mol. The fourth-order valence-electron chi connectivity index (χ4n) is 8.02. The number of carbonyl (C=O) groups is 2. The van der Waals surface area contributed by atoms with Crippen LogP contribution in [-0.4, -0.2) is 50.7 Å². The minimum absolute atomic E-state index is 0.0146. The molecule has 70 heavy (non-hydrogen) atoms. The summed E-state index contributed by atoms with van der Waals surface area (Å²) in [5.74, 6) is -1.29. The Morgan fingerprint density at radius 2 is 1.40 bits per heavy atom. The fraction of sp³-hybridized carbons (Fsp3) is 0.118. The van der Waals surface area contributed by atoms with E-state index in [1.807, 2.05) is 89.7 Å². The van der Waals surface area contributed by atoms with Gasteiger partial charge in [-0.1, -0.05) is 91.0 Å². The standard InChI is InChI=1S/C51H42FN9O8S/c1-58-42-27-38(18-20-40(42)61(51(58)64)41-21-22-47(68-31-34-13-7-3-8-14-34)55-50(41)69-32-35-15-9-4-10-16-35)53-44-23-24-59(56-44)28-45(62)54-37-17-19-39-36(25-37)26-43(67-30-33-11-5-2-6-12-33)49(48(39)52)60-29-46(63)57-70(60,65)66/h2-27H,28-32H2,1H3,(H,53,56)(H,54,62)(H,57,63). The highest BCUT2D eigenvalue weighted by Gasteiger charge is 2.38. The topological polar surface area (TPSA) is 193 Å². The summed E-state index contributed by atoms with van der Waals surface area (Å²) in [6.07, 6.45) is 1.63. The van der Waals surface area contributed by atoms with Gasteiger partial charge in [-0.25, -0.2) is 18.2 Å². The third-order valence-corrected chi connectivity index (χ3v) is 12.8. The lowest BCUT2D eigenvalue weighted by Gasteiger charge is -2.21. The number of anilines is 4. The molecule has 0 aliphatic carbocycles. The van der Waals surface area contributed by atoms with Gasteiger partial charge in [-0.15, -0.1) is 0 Å². The van der Waals surface area contributed by atoms with Crippen LogP contribution in [-0.2, 0) is 53.2 Å². The maximum Gasteiger partial charge on any atom is 0.333 e. The van der Waals surface area contributed by atoms with E-state index in [1.54, 1.807) is 60.3 Å².